The van der Waals surface area contributed by atoms with Gasteiger partial charge in [0, 0.05) is 24.8 Å². The van der Waals surface area contributed by atoms with Crippen molar-refractivity contribution in [3.63, 3.8) is 0 Å². The van der Waals surface area contributed by atoms with Gasteiger partial charge in [-0.1, -0.05) is 49.7 Å². The van der Waals surface area contributed by atoms with E-state index in [9.17, 15) is 9.59 Å². The third-order valence-corrected chi connectivity index (χ3v) is 6.45. The number of carbonyl (C=O) groups is 2. The van der Waals surface area contributed by atoms with Crippen molar-refractivity contribution in [3.05, 3.63) is 64.2 Å². The maximum atomic E-state index is 12.0. The third-order valence-electron chi connectivity index (χ3n) is 6.08. The highest BCUT2D eigenvalue weighted by atomic mass is 35.5. The highest BCUT2D eigenvalue weighted by molar-refractivity contribution is 6.31. The van der Waals surface area contributed by atoms with Crippen LogP contribution in [0.5, 0.6) is 5.75 Å². The van der Waals surface area contributed by atoms with E-state index in [2.05, 4.69) is 0 Å². The number of esters is 2. The first-order chi connectivity index (χ1) is 16.2. The summed E-state index contributed by atoms with van der Waals surface area (Å²) in [6.07, 6.45) is -0.786. The second-order valence-electron chi connectivity index (χ2n) is 8.62. The number of hydrogen-bond donors (Lipinski definition) is 0. The molecule has 1 fully saturated rings. The second-order valence-corrected chi connectivity index (χ2v) is 9.02. The van der Waals surface area contributed by atoms with Gasteiger partial charge in [-0.2, -0.15) is 0 Å². The molecule has 0 aromatic heterocycles. The Hall–Kier alpha value is -2.57. The third kappa shape index (κ3) is 6.30. The van der Waals surface area contributed by atoms with Crippen molar-refractivity contribution >= 4 is 23.5 Å². The average molecular weight is 489 g/mol. The summed E-state index contributed by atoms with van der Waals surface area (Å²) in [4.78, 5) is 23.8. The molecule has 0 radical (unpaired) electrons. The van der Waals surface area contributed by atoms with Gasteiger partial charge in [0.1, 0.15) is 18.0 Å². The monoisotopic (exact) mass is 488 g/mol. The molecule has 1 aliphatic rings. The normalized spacial score (nSPS) is 24.4. The van der Waals surface area contributed by atoms with Crippen molar-refractivity contribution in [3.8, 4) is 5.75 Å². The Morgan fingerprint density at radius 2 is 1.62 bits per heavy atom. The highest BCUT2D eigenvalue weighted by Crippen LogP contribution is 2.40. The van der Waals surface area contributed by atoms with Gasteiger partial charge in [0.25, 0.3) is 0 Å². The topological polar surface area (TPSA) is 71.1 Å². The van der Waals surface area contributed by atoms with E-state index >= 15 is 0 Å². The summed E-state index contributed by atoms with van der Waals surface area (Å²) in [5.41, 5.74) is 2.82. The van der Waals surface area contributed by atoms with Gasteiger partial charge >= 0.3 is 11.9 Å². The molecule has 2 aromatic carbocycles. The lowest BCUT2D eigenvalue weighted by molar-refractivity contribution is -0.225. The molecule has 184 valence electrons. The van der Waals surface area contributed by atoms with Gasteiger partial charge < -0.3 is 18.9 Å². The largest absolute Gasteiger partial charge is 0.494 e. The molecule has 0 N–H and O–H groups in total. The molecule has 0 amide bonds. The summed E-state index contributed by atoms with van der Waals surface area (Å²) < 4.78 is 23.3. The van der Waals surface area contributed by atoms with Crippen LogP contribution < -0.4 is 4.74 Å². The Bertz CT molecular complexity index is 989. The molecule has 0 bridgehead atoms. The van der Waals surface area contributed by atoms with E-state index in [1.165, 1.54) is 13.8 Å². The van der Waals surface area contributed by atoms with Crippen molar-refractivity contribution in [2.45, 2.75) is 71.9 Å². The van der Waals surface area contributed by atoms with Crippen molar-refractivity contribution < 1.29 is 28.5 Å². The summed E-state index contributed by atoms with van der Waals surface area (Å²) >= 11 is 6.54. The molecule has 0 aliphatic carbocycles. The molecule has 34 heavy (non-hydrogen) atoms. The van der Waals surface area contributed by atoms with Gasteiger partial charge in [-0.05, 0) is 54.7 Å². The summed E-state index contributed by atoms with van der Waals surface area (Å²) in [7, 11) is 0. The van der Waals surface area contributed by atoms with E-state index in [-0.39, 0.29) is 12.0 Å². The van der Waals surface area contributed by atoms with Crippen LogP contribution in [0.2, 0.25) is 5.02 Å². The van der Waals surface area contributed by atoms with Crippen LogP contribution in [0.1, 0.15) is 63.8 Å². The van der Waals surface area contributed by atoms with Crippen LogP contribution in [-0.4, -0.2) is 36.9 Å². The summed E-state index contributed by atoms with van der Waals surface area (Å²) in [6.45, 7) is 9.25. The van der Waals surface area contributed by atoms with E-state index in [0.29, 0.717) is 18.1 Å². The van der Waals surface area contributed by atoms with Gasteiger partial charge in [0.15, 0.2) is 6.10 Å². The lowest BCUT2D eigenvalue weighted by Crippen LogP contribution is -2.52. The van der Waals surface area contributed by atoms with Gasteiger partial charge in [0.2, 0.25) is 0 Å². The minimum atomic E-state index is -0.765. The van der Waals surface area contributed by atoms with E-state index < -0.39 is 30.3 Å². The first kappa shape index (κ1) is 26.0. The fourth-order valence-electron chi connectivity index (χ4n) is 4.49. The smallest absolute Gasteiger partial charge is 0.303 e. The zero-order chi connectivity index (χ0) is 24.8. The van der Waals surface area contributed by atoms with Crippen LogP contribution in [-0.2, 0) is 30.2 Å². The van der Waals surface area contributed by atoms with E-state index in [1.54, 1.807) is 0 Å². The van der Waals surface area contributed by atoms with Crippen LogP contribution in [0, 0.1) is 5.92 Å². The lowest BCUT2D eigenvalue weighted by atomic mass is 9.84. The van der Waals surface area contributed by atoms with Gasteiger partial charge in [-0.3, -0.25) is 9.59 Å². The fourth-order valence-corrected chi connectivity index (χ4v) is 4.68. The molecule has 0 saturated carbocycles. The second kappa shape index (κ2) is 11.7. The zero-order valence-corrected chi connectivity index (χ0v) is 21.1. The fraction of sp³-hybridized carbons (Fsp3) is 0.481. The number of hydrogen-bond acceptors (Lipinski definition) is 6. The molecule has 1 aliphatic heterocycles. The van der Waals surface area contributed by atoms with Crippen molar-refractivity contribution in [2.24, 2.45) is 5.92 Å². The van der Waals surface area contributed by atoms with Crippen LogP contribution in [0.15, 0.2) is 42.5 Å². The van der Waals surface area contributed by atoms with E-state index in [0.717, 1.165) is 28.9 Å². The molecule has 0 unspecified atom stereocenters. The van der Waals surface area contributed by atoms with E-state index in [1.807, 2.05) is 63.2 Å². The number of halogens is 1. The summed E-state index contributed by atoms with van der Waals surface area (Å²) in [6, 6.07) is 13.6. The first-order valence-corrected chi connectivity index (χ1v) is 12.1. The Labute approximate surface area is 206 Å². The van der Waals surface area contributed by atoms with Crippen molar-refractivity contribution in [1.29, 1.82) is 0 Å². The zero-order valence-electron chi connectivity index (χ0n) is 20.4. The average Bonchev–Trinajstić information content (AvgIpc) is 2.79. The molecular weight excluding hydrogens is 456 g/mol. The van der Waals surface area contributed by atoms with Crippen LogP contribution in [0.4, 0.5) is 0 Å². The minimum absolute atomic E-state index is 0.134. The quantitative estimate of drug-likeness (QED) is 0.445. The number of rotatable bonds is 8. The van der Waals surface area contributed by atoms with E-state index in [4.69, 9.17) is 30.5 Å². The molecular formula is C27H33ClO6. The lowest BCUT2D eigenvalue weighted by Gasteiger charge is -2.44. The van der Waals surface area contributed by atoms with Crippen LogP contribution in [0.25, 0.3) is 0 Å². The Kier molecular flexibility index (Phi) is 8.97. The first-order valence-electron chi connectivity index (χ1n) is 11.7. The molecule has 6 nitrogen and oxygen atoms in total. The maximum absolute atomic E-state index is 12.0. The molecule has 5 atom stereocenters. The van der Waals surface area contributed by atoms with Gasteiger partial charge in [-0.25, -0.2) is 0 Å². The number of benzene rings is 2. The molecule has 3 rings (SSSR count). The van der Waals surface area contributed by atoms with Crippen molar-refractivity contribution in [2.75, 3.05) is 6.61 Å². The Morgan fingerprint density at radius 3 is 2.21 bits per heavy atom. The summed E-state index contributed by atoms with van der Waals surface area (Å²) in [5.74, 6) is -0.189. The Balaban J connectivity index is 1.94. The highest BCUT2D eigenvalue weighted by Gasteiger charge is 2.47. The molecule has 2 aromatic rings. The standard InChI is InChI=1S/C27H33ClO6/c1-6-24-16(3)25(32-17(4)29)27(33-18(5)30)26(34-24)20-10-13-23(28)21(15-20)14-19-8-11-22(12-9-19)31-7-2/h8-13,15-16,24-27H,6-7,14H2,1-5H3/t16-,24-,25+,26-,27-/m1/s1. The number of ether oxygens (including phenoxy) is 4. The summed E-state index contributed by atoms with van der Waals surface area (Å²) in [5, 5.41) is 0.634. The van der Waals surface area contributed by atoms with Gasteiger partial charge in [-0.15, -0.1) is 0 Å². The Morgan fingerprint density at radius 1 is 0.971 bits per heavy atom. The molecule has 1 heterocycles. The minimum Gasteiger partial charge on any atom is -0.494 e. The predicted octanol–water partition coefficient (Wildman–Crippen LogP) is 5.68. The van der Waals surface area contributed by atoms with Gasteiger partial charge in [0.05, 0.1) is 12.7 Å². The molecule has 0 spiro atoms. The predicted molar refractivity (Wildman–Crippen MR) is 130 cm³/mol. The maximum Gasteiger partial charge on any atom is 0.303 e. The van der Waals surface area contributed by atoms with Crippen LogP contribution in [0.3, 0.4) is 0 Å². The number of carbonyl (C=O) groups excluding carboxylic acids is 2. The van der Waals surface area contributed by atoms with Crippen LogP contribution >= 0.6 is 11.6 Å². The molecule has 1 saturated heterocycles. The molecule has 7 heteroatoms. The SMILES string of the molecule is CCOc1ccc(Cc2cc([C@H]3O[C@H](CC)[C@@H](C)[C@H](OC(C)=O)[C@H]3OC(C)=O)ccc2Cl)cc1. The van der Waals surface area contributed by atoms with Crippen molar-refractivity contribution in [1.82, 2.24) is 0 Å².